The lowest BCUT2D eigenvalue weighted by Crippen LogP contribution is -2.51. The Balaban J connectivity index is 0.951. The number of nitrogens with one attached hydrogen (secondary N) is 2. The van der Waals surface area contributed by atoms with E-state index in [4.69, 9.17) is 4.74 Å². The minimum absolute atomic E-state index is 0.0869. The van der Waals surface area contributed by atoms with E-state index in [0.29, 0.717) is 44.1 Å². The Morgan fingerprint density at radius 3 is 2.43 bits per heavy atom. The number of methoxy groups -OCH3 is 1. The minimum Gasteiger partial charge on any atom is -0.384 e. The van der Waals surface area contributed by atoms with Gasteiger partial charge in [-0.05, 0) is 73.6 Å². The van der Waals surface area contributed by atoms with Crippen LogP contribution in [0.5, 0.6) is 0 Å². The predicted molar refractivity (Wildman–Crippen MR) is 180 cm³/mol. The summed E-state index contributed by atoms with van der Waals surface area (Å²) in [5.41, 5.74) is 4.63. The number of benzene rings is 2. The van der Waals surface area contributed by atoms with Crippen molar-refractivity contribution >= 4 is 34.1 Å². The molecule has 2 saturated heterocycles. The molecule has 2 aromatic carbocycles. The molecular formula is C35H37N9O3. The predicted octanol–water partition coefficient (Wildman–Crippen LogP) is 3.71. The molecule has 0 saturated carbocycles. The SMILES string of the molecule is COCC1(C(=O)Nc2ccc3[nH]nc(-c4ccncc4)c3c2)CCN(CC(=O)N2CCN(c3ccc(-c4ncccn4)cc3)CC2)C1. The number of anilines is 2. The second-order valence-corrected chi connectivity index (χ2v) is 12.2. The van der Waals surface area contributed by atoms with Crippen molar-refractivity contribution in [3.8, 4) is 22.6 Å². The Hall–Kier alpha value is -5.20. The molecule has 7 rings (SSSR count). The molecule has 1 atom stereocenters. The number of rotatable bonds is 9. The third-order valence-electron chi connectivity index (χ3n) is 9.16. The van der Waals surface area contributed by atoms with Crippen LogP contribution in [0.2, 0.25) is 0 Å². The average Bonchev–Trinajstić information content (AvgIpc) is 3.74. The number of carbonyl (C=O) groups is 2. The van der Waals surface area contributed by atoms with Gasteiger partial charge in [-0.2, -0.15) is 5.10 Å². The fourth-order valence-electron chi connectivity index (χ4n) is 6.60. The molecule has 47 heavy (non-hydrogen) atoms. The van der Waals surface area contributed by atoms with E-state index >= 15 is 0 Å². The minimum atomic E-state index is -0.760. The van der Waals surface area contributed by atoms with Crippen LogP contribution in [0.25, 0.3) is 33.5 Å². The number of hydrogen-bond donors (Lipinski definition) is 2. The fraction of sp³-hybridized carbons (Fsp3) is 0.314. The second kappa shape index (κ2) is 13.3. The summed E-state index contributed by atoms with van der Waals surface area (Å²) in [4.78, 5) is 46.2. The van der Waals surface area contributed by atoms with Crippen LogP contribution in [-0.4, -0.2) is 106 Å². The van der Waals surface area contributed by atoms with Crippen molar-refractivity contribution in [1.82, 2.24) is 34.9 Å². The largest absolute Gasteiger partial charge is 0.384 e. The van der Waals surface area contributed by atoms with Gasteiger partial charge in [0.05, 0.1) is 24.1 Å². The van der Waals surface area contributed by atoms with Crippen molar-refractivity contribution in [1.29, 1.82) is 0 Å². The molecule has 2 amide bonds. The molecule has 0 radical (unpaired) electrons. The van der Waals surface area contributed by atoms with Gasteiger partial charge in [0.15, 0.2) is 5.82 Å². The molecule has 2 aliphatic heterocycles. The van der Waals surface area contributed by atoms with Crippen LogP contribution in [0.4, 0.5) is 11.4 Å². The third-order valence-corrected chi connectivity index (χ3v) is 9.16. The van der Waals surface area contributed by atoms with Crippen LogP contribution < -0.4 is 10.2 Å². The number of nitrogens with zero attached hydrogens (tertiary/aromatic N) is 7. The molecule has 5 aromatic rings. The molecule has 5 heterocycles. The molecule has 0 spiro atoms. The number of aromatic amines is 1. The molecule has 0 bridgehead atoms. The van der Waals surface area contributed by atoms with Crippen molar-refractivity contribution in [3.05, 3.63) is 85.5 Å². The molecule has 3 aromatic heterocycles. The van der Waals surface area contributed by atoms with Crippen molar-refractivity contribution in [2.75, 3.05) is 69.7 Å². The molecule has 2 fully saturated rings. The maximum Gasteiger partial charge on any atom is 0.236 e. The van der Waals surface area contributed by atoms with Gasteiger partial charge in [0.2, 0.25) is 11.8 Å². The zero-order valence-corrected chi connectivity index (χ0v) is 26.3. The van der Waals surface area contributed by atoms with Crippen LogP contribution in [0.3, 0.4) is 0 Å². The summed E-state index contributed by atoms with van der Waals surface area (Å²) in [5.74, 6) is 0.680. The summed E-state index contributed by atoms with van der Waals surface area (Å²) in [7, 11) is 1.61. The van der Waals surface area contributed by atoms with Gasteiger partial charge in [0.25, 0.3) is 0 Å². The van der Waals surface area contributed by atoms with Gasteiger partial charge in [-0.15, -0.1) is 0 Å². The smallest absolute Gasteiger partial charge is 0.236 e. The van der Waals surface area contributed by atoms with Gasteiger partial charge in [0.1, 0.15) is 5.69 Å². The normalized spacial score (nSPS) is 18.5. The van der Waals surface area contributed by atoms with Gasteiger partial charge >= 0.3 is 0 Å². The lowest BCUT2D eigenvalue weighted by atomic mass is 9.87. The van der Waals surface area contributed by atoms with Crippen molar-refractivity contribution in [2.45, 2.75) is 6.42 Å². The molecule has 12 heteroatoms. The molecular weight excluding hydrogens is 594 g/mol. The van der Waals surface area contributed by atoms with E-state index in [1.54, 1.807) is 38.0 Å². The van der Waals surface area contributed by atoms with Gasteiger partial charge in [-0.3, -0.25) is 24.6 Å². The van der Waals surface area contributed by atoms with Crippen LogP contribution in [0.15, 0.2) is 85.5 Å². The molecule has 2 N–H and O–H groups in total. The Labute approximate surface area is 272 Å². The van der Waals surface area contributed by atoms with Crippen LogP contribution in [0, 0.1) is 5.41 Å². The van der Waals surface area contributed by atoms with Gasteiger partial charge < -0.3 is 19.9 Å². The summed E-state index contributed by atoms with van der Waals surface area (Å²) in [6.07, 6.45) is 7.55. The summed E-state index contributed by atoms with van der Waals surface area (Å²) in [5, 5.41) is 11.6. The maximum atomic E-state index is 13.8. The Morgan fingerprint density at radius 1 is 0.915 bits per heavy atom. The average molecular weight is 632 g/mol. The zero-order valence-electron chi connectivity index (χ0n) is 26.3. The Kier molecular flexibility index (Phi) is 8.60. The van der Waals surface area contributed by atoms with Gasteiger partial charge in [0, 0.05) is 92.5 Å². The molecule has 240 valence electrons. The Bertz CT molecular complexity index is 1840. The van der Waals surface area contributed by atoms with E-state index in [9.17, 15) is 9.59 Å². The number of amides is 2. The number of ether oxygens (including phenoxy) is 1. The van der Waals surface area contributed by atoms with Crippen LogP contribution >= 0.6 is 0 Å². The first-order chi connectivity index (χ1) is 23.0. The highest BCUT2D eigenvalue weighted by molar-refractivity contribution is 6.00. The monoisotopic (exact) mass is 631 g/mol. The van der Waals surface area contributed by atoms with E-state index in [2.05, 4.69) is 52.4 Å². The van der Waals surface area contributed by atoms with E-state index in [0.717, 1.165) is 46.5 Å². The van der Waals surface area contributed by atoms with E-state index in [1.165, 1.54) is 0 Å². The van der Waals surface area contributed by atoms with Crippen molar-refractivity contribution in [3.63, 3.8) is 0 Å². The summed E-state index contributed by atoms with van der Waals surface area (Å²) >= 11 is 0. The first-order valence-corrected chi connectivity index (χ1v) is 15.8. The molecule has 1 unspecified atom stereocenters. The van der Waals surface area contributed by atoms with Gasteiger partial charge in [-0.25, -0.2) is 9.97 Å². The number of H-pyrrole nitrogens is 1. The number of likely N-dealkylation sites (tertiary alicyclic amines) is 1. The lowest BCUT2D eigenvalue weighted by Gasteiger charge is -2.37. The summed E-state index contributed by atoms with van der Waals surface area (Å²) < 4.78 is 5.56. The van der Waals surface area contributed by atoms with E-state index < -0.39 is 5.41 Å². The zero-order chi connectivity index (χ0) is 32.2. The highest BCUT2D eigenvalue weighted by atomic mass is 16.5. The number of aromatic nitrogens is 5. The number of carbonyl (C=O) groups excluding carboxylic acids is 2. The fourth-order valence-corrected chi connectivity index (χ4v) is 6.60. The Morgan fingerprint density at radius 2 is 1.68 bits per heavy atom. The highest BCUT2D eigenvalue weighted by Gasteiger charge is 2.45. The van der Waals surface area contributed by atoms with E-state index in [-0.39, 0.29) is 25.0 Å². The van der Waals surface area contributed by atoms with Crippen molar-refractivity contribution in [2.24, 2.45) is 5.41 Å². The van der Waals surface area contributed by atoms with Crippen molar-refractivity contribution < 1.29 is 14.3 Å². The molecule has 0 aliphatic carbocycles. The van der Waals surface area contributed by atoms with E-state index in [1.807, 2.05) is 47.4 Å². The lowest BCUT2D eigenvalue weighted by molar-refractivity contribution is -0.133. The van der Waals surface area contributed by atoms with Crippen LogP contribution in [-0.2, 0) is 14.3 Å². The first kappa shape index (κ1) is 30.5. The highest BCUT2D eigenvalue weighted by Crippen LogP contribution is 2.34. The first-order valence-electron chi connectivity index (χ1n) is 15.8. The summed E-state index contributed by atoms with van der Waals surface area (Å²) in [6.45, 7) is 4.46. The number of piperazine rings is 1. The van der Waals surface area contributed by atoms with Gasteiger partial charge in [-0.1, -0.05) is 0 Å². The molecule has 2 aliphatic rings. The standard InChI is InChI=1S/C35H37N9O3/c1-47-24-35(34(46)39-27-5-8-30-29(21-27)32(41-40-30)25-9-14-36-15-10-25)11-16-42(23-35)22-31(45)44-19-17-43(18-20-44)28-6-3-26(4-7-28)33-37-12-2-13-38-33/h2-10,12-15,21H,11,16-20,22-24H2,1H3,(H,39,46)(H,40,41). The number of pyridine rings is 1. The number of hydrogen-bond acceptors (Lipinski definition) is 9. The van der Waals surface area contributed by atoms with Crippen LogP contribution in [0.1, 0.15) is 6.42 Å². The summed E-state index contributed by atoms with van der Waals surface area (Å²) in [6, 6.07) is 19.6. The topological polar surface area (TPSA) is 132 Å². The quantitative estimate of drug-likeness (QED) is 0.250. The maximum absolute atomic E-state index is 13.8. The third kappa shape index (κ3) is 6.42. The number of fused-ring (bicyclic) bond motifs is 1. The second-order valence-electron chi connectivity index (χ2n) is 12.2. The molecule has 12 nitrogen and oxygen atoms in total.